The van der Waals surface area contributed by atoms with Crippen LogP contribution in [0.5, 0.6) is 0 Å². The van der Waals surface area contributed by atoms with Gasteiger partial charge in [-0.3, -0.25) is 4.21 Å². The first kappa shape index (κ1) is 23.9. The Balaban J connectivity index is 4.27. The van der Waals surface area contributed by atoms with E-state index in [1.807, 2.05) is 0 Å². The summed E-state index contributed by atoms with van der Waals surface area (Å²) in [5, 5.41) is -4.41. The minimum Gasteiger partial charge on any atom is -0.465 e. The van der Waals surface area contributed by atoms with Crippen LogP contribution < -0.4 is 0 Å². The lowest BCUT2D eigenvalue weighted by atomic mass is 9.91. The van der Waals surface area contributed by atoms with Crippen LogP contribution in [-0.2, 0) is 38.1 Å². The van der Waals surface area contributed by atoms with E-state index in [1.54, 1.807) is 0 Å². The molecule has 28 heavy (non-hydrogen) atoms. The Morgan fingerprint density at radius 3 is 1.75 bits per heavy atom. The summed E-state index contributed by atoms with van der Waals surface area (Å²) >= 11 is 0. The molecule has 0 saturated carbocycles. The van der Waals surface area contributed by atoms with Crippen molar-refractivity contribution >= 4 is 22.7 Å². The Morgan fingerprint density at radius 1 is 1.00 bits per heavy atom. The zero-order valence-electron chi connectivity index (χ0n) is 15.6. The molecular weight excluding hydrogens is 413 g/mol. The molecule has 0 aliphatic heterocycles. The predicted octanol–water partition coefficient (Wildman–Crippen LogP) is 3.30. The highest BCUT2D eigenvalue weighted by Crippen LogP contribution is 2.41. The van der Waals surface area contributed by atoms with E-state index >= 15 is 0 Å². The predicted molar refractivity (Wildman–Crippen MR) is 88.4 cm³/mol. The van der Waals surface area contributed by atoms with E-state index in [1.165, 1.54) is 13.8 Å². The molecule has 1 aromatic rings. The molecule has 1 aromatic heterocycles. The molecule has 0 aliphatic rings. The summed E-state index contributed by atoms with van der Waals surface area (Å²) < 4.78 is 89.9. The molecule has 0 spiro atoms. The standard InChI is InChI=1S/C16H18F5NO5S/c1-7(2)6-8-9(13(23)26-3)11(15(17,18)19)22-12(10(8)14(24)27-4)16(20,21)28(5)25/h7H,6H2,1-5H3. The van der Waals surface area contributed by atoms with Crippen molar-refractivity contribution in [2.24, 2.45) is 5.92 Å². The maximum absolute atomic E-state index is 14.5. The molecule has 158 valence electrons. The quantitative estimate of drug-likeness (QED) is 0.508. The summed E-state index contributed by atoms with van der Waals surface area (Å²) in [7, 11) is -1.40. The Morgan fingerprint density at radius 2 is 1.43 bits per heavy atom. The summed E-state index contributed by atoms with van der Waals surface area (Å²) in [6, 6.07) is 0. The van der Waals surface area contributed by atoms with Crippen molar-refractivity contribution in [1.82, 2.24) is 4.98 Å². The maximum Gasteiger partial charge on any atom is 0.434 e. The third kappa shape index (κ3) is 4.65. The molecule has 1 rings (SSSR count). The van der Waals surface area contributed by atoms with Crippen molar-refractivity contribution in [3.8, 4) is 0 Å². The molecule has 6 nitrogen and oxygen atoms in total. The molecule has 0 aromatic carbocycles. The fraction of sp³-hybridized carbons (Fsp3) is 0.562. The number of hydrogen-bond donors (Lipinski definition) is 0. The third-order valence-corrected chi connectivity index (χ3v) is 4.51. The second kappa shape index (κ2) is 8.50. The van der Waals surface area contributed by atoms with E-state index in [4.69, 9.17) is 0 Å². The first-order valence-electron chi connectivity index (χ1n) is 7.72. The Bertz CT molecular complexity index is 808. The van der Waals surface area contributed by atoms with Crippen LogP contribution in [0.25, 0.3) is 0 Å². The van der Waals surface area contributed by atoms with Crippen LogP contribution in [0, 0.1) is 5.92 Å². The van der Waals surface area contributed by atoms with Gasteiger partial charge in [0.05, 0.1) is 36.1 Å². The van der Waals surface area contributed by atoms with Crippen molar-refractivity contribution in [2.75, 3.05) is 20.5 Å². The molecule has 0 radical (unpaired) electrons. The van der Waals surface area contributed by atoms with Gasteiger partial charge in [-0.2, -0.15) is 22.0 Å². The number of rotatable bonds is 6. The number of carbonyl (C=O) groups is 2. The zero-order chi connectivity index (χ0) is 22.0. The van der Waals surface area contributed by atoms with Gasteiger partial charge in [0.2, 0.25) is 0 Å². The average Bonchev–Trinajstić information content (AvgIpc) is 2.57. The Labute approximate surface area is 159 Å². The molecule has 0 saturated heterocycles. The number of ether oxygens (including phenoxy) is 2. The molecule has 0 aliphatic carbocycles. The molecule has 12 heteroatoms. The van der Waals surface area contributed by atoms with Gasteiger partial charge in [-0.1, -0.05) is 13.8 Å². The Hall–Kier alpha value is -2.11. The van der Waals surface area contributed by atoms with Crippen LogP contribution in [0.4, 0.5) is 22.0 Å². The first-order valence-corrected chi connectivity index (χ1v) is 9.28. The van der Waals surface area contributed by atoms with Crippen LogP contribution in [0.3, 0.4) is 0 Å². The first-order chi connectivity index (χ1) is 12.7. The van der Waals surface area contributed by atoms with Crippen molar-refractivity contribution in [1.29, 1.82) is 0 Å². The second-order valence-electron chi connectivity index (χ2n) is 6.09. The lowest BCUT2D eigenvalue weighted by Crippen LogP contribution is -2.31. The Kier molecular flexibility index (Phi) is 7.26. The van der Waals surface area contributed by atoms with Crippen LogP contribution >= 0.6 is 0 Å². The summed E-state index contributed by atoms with van der Waals surface area (Å²) in [6.45, 7) is 3.07. The lowest BCUT2D eigenvalue weighted by molar-refractivity contribution is -0.142. The minimum absolute atomic E-state index is 0.375. The van der Waals surface area contributed by atoms with Gasteiger partial charge < -0.3 is 9.47 Å². The van der Waals surface area contributed by atoms with Crippen molar-refractivity contribution in [2.45, 2.75) is 31.7 Å². The second-order valence-corrected chi connectivity index (χ2v) is 7.51. The number of methoxy groups -OCH3 is 2. The van der Waals surface area contributed by atoms with E-state index in [0.29, 0.717) is 6.26 Å². The van der Waals surface area contributed by atoms with Crippen molar-refractivity contribution in [3.63, 3.8) is 0 Å². The fourth-order valence-corrected chi connectivity index (χ4v) is 2.86. The molecule has 1 unspecified atom stereocenters. The molecule has 0 fully saturated rings. The zero-order valence-corrected chi connectivity index (χ0v) is 16.4. The van der Waals surface area contributed by atoms with Gasteiger partial charge in [-0.05, 0) is 17.9 Å². The summed E-state index contributed by atoms with van der Waals surface area (Å²) in [6.07, 6.45) is -5.16. The number of esters is 2. The lowest BCUT2D eigenvalue weighted by Gasteiger charge is -2.24. The summed E-state index contributed by atoms with van der Waals surface area (Å²) in [4.78, 5) is 27.2. The maximum atomic E-state index is 14.5. The van der Waals surface area contributed by atoms with Gasteiger partial charge in [0, 0.05) is 6.26 Å². The highest BCUT2D eigenvalue weighted by atomic mass is 32.2. The largest absolute Gasteiger partial charge is 0.465 e. The number of alkyl halides is 5. The molecule has 1 atom stereocenters. The molecule has 0 bridgehead atoms. The van der Waals surface area contributed by atoms with Gasteiger partial charge in [-0.25, -0.2) is 14.6 Å². The molecule has 1 heterocycles. The number of pyridine rings is 1. The molecule has 0 amide bonds. The summed E-state index contributed by atoms with van der Waals surface area (Å²) in [5.74, 6) is -3.40. The van der Waals surface area contributed by atoms with Crippen LogP contribution in [0.1, 0.15) is 51.5 Å². The number of halogens is 5. The monoisotopic (exact) mass is 431 g/mol. The number of aromatic nitrogens is 1. The third-order valence-electron chi connectivity index (χ3n) is 3.60. The minimum atomic E-state index is -5.33. The number of nitrogens with zero attached hydrogens (tertiary/aromatic N) is 1. The van der Waals surface area contributed by atoms with Gasteiger partial charge in [-0.15, -0.1) is 0 Å². The van der Waals surface area contributed by atoms with Gasteiger partial charge in [0.1, 0.15) is 5.69 Å². The highest BCUT2D eigenvalue weighted by molar-refractivity contribution is 7.84. The SMILES string of the molecule is COC(=O)c1c(C(F)(F)F)nc(C(F)(F)S(C)=O)c(C(=O)OC)c1CC(C)C. The number of hydrogen-bond acceptors (Lipinski definition) is 6. The van der Waals surface area contributed by atoms with Gasteiger partial charge >= 0.3 is 23.4 Å². The van der Waals surface area contributed by atoms with E-state index in [-0.39, 0.29) is 6.42 Å². The van der Waals surface area contributed by atoms with Crippen molar-refractivity contribution in [3.05, 3.63) is 28.1 Å². The smallest absolute Gasteiger partial charge is 0.434 e. The van der Waals surface area contributed by atoms with Crippen LogP contribution in [0.15, 0.2) is 0 Å². The topological polar surface area (TPSA) is 82.6 Å². The van der Waals surface area contributed by atoms with E-state index in [9.17, 15) is 35.8 Å². The number of carbonyl (C=O) groups excluding carboxylic acids is 2. The van der Waals surface area contributed by atoms with E-state index in [2.05, 4.69) is 14.5 Å². The van der Waals surface area contributed by atoms with Gasteiger partial charge in [0.25, 0.3) is 0 Å². The van der Waals surface area contributed by atoms with E-state index < -0.39 is 68.2 Å². The highest BCUT2D eigenvalue weighted by Gasteiger charge is 2.48. The summed E-state index contributed by atoms with van der Waals surface area (Å²) in [5.41, 5.74) is -6.48. The van der Waals surface area contributed by atoms with Crippen molar-refractivity contribution < 1.29 is 45.2 Å². The van der Waals surface area contributed by atoms with Crippen LogP contribution in [-0.4, -0.2) is 41.6 Å². The molecular formula is C16H18F5NO5S. The van der Waals surface area contributed by atoms with Gasteiger partial charge in [0.15, 0.2) is 5.69 Å². The molecule has 0 N–H and O–H groups in total. The van der Waals surface area contributed by atoms with E-state index in [0.717, 1.165) is 14.2 Å². The normalized spacial score (nSPS) is 13.4. The fourth-order valence-electron chi connectivity index (χ4n) is 2.44. The van der Waals surface area contributed by atoms with Crippen LogP contribution in [0.2, 0.25) is 0 Å². The average molecular weight is 431 g/mol.